The van der Waals surface area contributed by atoms with Gasteiger partial charge in [-0.15, -0.1) is 0 Å². The van der Waals surface area contributed by atoms with E-state index in [0.717, 1.165) is 16.8 Å². The van der Waals surface area contributed by atoms with Crippen LogP contribution in [0.5, 0.6) is 0 Å². The minimum atomic E-state index is -1.21. The highest BCUT2D eigenvalue weighted by molar-refractivity contribution is 6.00. The Balaban J connectivity index is 2.09. The number of hydrogen-bond donors (Lipinski definition) is 1. The van der Waals surface area contributed by atoms with Gasteiger partial charge in [-0.05, 0) is 23.3 Å². The fourth-order valence-electron chi connectivity index (χ4n) is 2.84. The summed E-state index contributed by atoms with van der Waals surface area (Å²) in [6.45, 7) is 0. The van der Waals surface area contributed by atoms with Gasteiger partial charge in [-0.3, -0.25) is 4.79 Å². The van der Waals surface area contributed by atoms with E-state index in [1.807, 2.05) is 91.0 Å². The smallest absolute Gasteiger partial charge is 0.265 e. The van der Waals surface area contributed by atoms with Crippen molar-refractivity contribution >= 4 is 11.6 Å². The first-order valence-electron chi connectivity index (χ1n) is 7.80. The first-order chi connectivity index (χ1) is 11.8. The van der Waals surface area contributed by atoms with E-state index in [2.05, 4.69) is 5.32 Å². The summed E-state index contributed by atoms with van der Waals surface area (Å²) in [5, 5.41) is 2.97. The van der Waals surface area contributed by atoms with E-state index in [4.69, 9.17) is 4.74 Å². The largest absolute Gasteiger partial charge is 0.359 e. The minimum absolute atomic E-state index is 0.228. The number of rotatable bonds is 5. The lowest BCUT2D eigenvalue weighted by atomic mass is 9.85. The molecule has 0 aliphatic rings. The predicted molar refractivity (Wildman–Crippen MR) is 95.7 cm³/mol. The summed E-state index contributed by atoms with van der Waals surface area (Å²) in [5.41, 5.74) is 1.09. The highest BCUT2D eigenvalue weighted by atomic mass is 16.5. The fraction of sp³-hybridized carbons (Fsp3) is 0.0952. The molecular formula is C21H19NO2. The van der Waals surface area contributed by atoms with Gasteiger partial charge < -0.3 is 10.1 Å². The van der Waals surface area contributed by atoms with Crippen molar-refractivity contribution in [1.82, 2.24) is 0 Å². The third-order valence-corrected chi connectivity index (χ3v) is 4.02. The Morgan fingerprint density at radius 1 is 0.750 bits per heavy atom. The topological polar surface area (TPSA) is 38.3 Å². The molecule has 24 heavy (non-hydrogen) atoms. The van der Waals surface area contributed by atoms with Crippen molar-refractivity contribution in [1.29, 1.82) is 0 Å². The van der Waals surface area contributed by atoms with E-state index >= 15 is 0 Å². The zero-order valence-electron chi connectivity index (χ0n) is 13.5. The monoisotopic (exact) mass is 317 g/mol. The summed E-state index contributed by atoms with van der Waals surface area (Å²) in [5.74, 6) is -0.228. The number of anilines is 1. The van der Waals surface area contributed by atoms with Gasteiger partial charge in [0.1, 0.15) is 0 Å². The Morgan fingerprint density at radius 2 is 1.17 bits per heavy atom. The number of para-hydroxylation sites is 1. The van der Waals surface area contributed by atoms with Crippen molar-refractivity contribution in [3.05, 3.63) is 102 Å². The van der Waals surface area contributed by atoms with Crippen LogP contribution < -0.4 is 5.32 Å². The van der Waals surface area contributed by atoms with Gasteiger partial charge in [-0.25, -0.2) is 0 Å². The number of ether oxygens (including phenoxy) is 1. The summed E-state index contributed by atoms with van der Waals surface area (Å²) in [6, 6.07) is 28.5. The van der Waals surface area contributed by atoms with Crippen LogP contribution in [0, 0.1) is 0 Å². The van der Waals surface area contributed by atoms with Crippen molar-refractivity contribution in [2.24, 2.45) is 0 Å². The molecule has 0 aromatic heterocycles. The maximum absolute atomic E-state index is 13.2. The second-order valence-corrected chi connectivity index (χ2v) is 5.44. The van der Waals surface area contributed by atoms with Gasteiger partial charge in [0, 0.05) is 12.8 Å². The van der Waals surface area contributed by atoms with E-state index in [1.54, 1.807) is 7.11 Å². The van der Waals surface area contributed by atoms with Crippen LogP contribution in [0.4, 0.5) is 5.69 Å². The molecule has 120 valence electrons. The van der Waals surface area contributed by atoms with Gasteiger partial charge in [0.15, 0.2) is 5.60 Å². The first kappa shape index (κ1) is 16.0. The lowest BCUT2D eigenvalue weighted by molar-refractivity contribution is -0.134. The average Bonchev–Trinajstić information content (AvgIpc) is 2.65. The zero-order chi connectivity index (χ0) is 16.8. The van der Waals surface area contributed by atoms with E-state index in [9.17, 15) is 4.79 Å². The molecule has 3 rings (SSSR count). The zero-order valence-corrected chi connectivity index (χ0v) is 13.5. The second-order valence-electron chi connectivity index (χ2n) is 5.44. The normalized spacial score (nSPS) is 11.0. The molecule has 0 bridgehead atoms. The Kier molecular flexibility index (Phi) is 4.73. The highest BCUT2D eigenvalue weighted by Crippen LogP contribution is 2.34. The molecule has 1 amide bonds. The van der Waals surface area contributed by atoms with Gasteiger partial charge in [0.25, 0.3) is 5.91 Å². The Hall–Kier alpha value is -2.91. The molecule has 3 heteroatoms. The standard InChI is InChI=1S/C21H19NO2/c1-24-21(17-11-5-2-6-12-17,18-13-7-3-8-14-18)20(23)22-19-15-9-4-10-16-19/h2-16H,1H3,(H,22,23). The molecule has 1 N–H and O–H groups in total. The molecule has 0 aliphatic heterocycles. The highest BCUT2D eigenvalue weighted by Gasteiger charge is 2.42. The number of benzene rings is 3. The number of carbonyl (C=O) groups is 1. The van der Waals surface area contributed by atoms with E-state index in [-0.39, 0.29) is 5.91 Å². The van der Waals surface area contributed by atoms with Crippen LogP contribution in [0.25, 0.3) is 0 Å². The van der Waals surface area contributed by atoms with E-state index < -0.39 is 5.60 Å². The fourth-order valence-corrected chi connectivity index (χ4v) is 2.84. The van der Waals surface area contributed by atoms with Crippen LogP contribution in [-0.2, 0) is 15.1 Å². The van der Waals surface area contributed by atoms with Gasteiger partial charge in [-0.1, -0.05) is 78.9 Å². The minimum Gasteiger partial charge on any atom is -0.359 e. The van der Waals surface area contributed by atoms with E-state index in [1.165, 1.54) is 0 Å². The summed E-state index contributed by atoms with van der Waals surface area (Å²) in [6.07, 6.45) is 0. The molecule has 0 radical (unpaired) electrons. The van der Waals surface area contributed by atoms with Crippen LogP contribution >= 0.6 is 0 Å². The van der Waals surface area contributed by atoms with Crippen molar-refractivity contribution in [3.8, 4) is 0 Å². The van der Waals surface area contributed by atoms with Crippen molar-refractivity contribution in [2.45, 2.75) is 5.60 Å². The lowest BCUT2D eigenvalue weighted by Gasteiger charge is -2.32. The molecular weight excluding hydrogens is 298 g/mol. The first-order valence-corrected chi connectivity index (χ1v) is 7.80. The molecule has 0 unspecified atom stereocenters. The quantitative estimate of drug-likeness (QED) is 0.765. The van der Waals surface area contributed by atoms with E-state index in [0.29, 0.717) is 0 Å². The predicted octanol–water partition coefficient (Wildman–Crippen LogP) is 4.22. The molecule has 0 spiro atoms. The molecule has 3 aromatic carbocycles. The Labute approximate surface area is 141 Å². The third-order valence-electron chi connectivity index (χ3n) is 4.02. The lowest BCUT2D eigenvalue weighted by Crippen LogP contribution is -2.43. The number of carbonyl (C=O) groups excluding carboxylic acids is 1. The third kappa shape index (κ3) is 2.94. The molecule has 3 aromatic rings. The second kappa shape index (κ2) is 7.11. The van der Waals surface area contributed by atoms with Crippen molar-refractivity contribution < 1.29 is 9.53 Å². The van der Waals surface area contributed by atoms with Crippen LogP contribution in [-0.4, -0.2) is 13.0 Å². The number of hydrogen-bond acceptors (Lipinski definition) is 2. The Bertz CT molecular complexity index is 746. The SMILES string of the molecule is COC(C(=O)Nc1ccccc1)(c1ccccc1)c1ccccc1. The summed E-state index contributed by atoms with van der Waals surface area (Å²) >= 11 is 0. The molecule has 0 saturated carbocycles. The summed E-state index contributed by atoms with van der Waals surface area (Å²) in [4.78, 5) is 13.2. The molecule has 3 nitrogen and oxygen atoms in total. The van der Waals surface area contributed by atoms with Crippen molar-refractivity contribution in [2.75, 3.05) is 12.4 Å². The average molecular weight is 317 g/mol. The van der Waals surface area contributed by atoms with Crippen molar-refractivity contribution in [3.63, 3.8) is 0 Å². The molecule has 0 aliphatic carbocycles. The van der Waals surface area contributed by atoms with Crippen LogP contribution in [0.1, 0.15) is 11.1 Å². The molecule has 0 fully saturated rings. The molecule has 0 heterocycles. The molecule has 0 atom stereocenters. The van der Waals surface area contributed by atoms with Gasteiger partial charge in [-0.2, -0.15) is 0 Å². The van der Waals surface area contributed by atoms with Gasteiger partial charge in [0.05, 0.1) is 0 Å². The summed E-state index contributed by atoms with van der Waals surface area (Å²) < 4.78 is 5.83. The van der Waals surface area contributed by atoms with Crippen LogP contribution in [0.2, 0.25) is 0 Å². The molecule has 0 saturated heterocycles. The number of nitrogens with one attached hydrogen (secondary N) is 1. The number of amides is 1. The van der Waals surface area contributed by atoms with Crippen LogP contribution in [0.3, 0.4) is 0 Å². The van der Waals surface area contributed by atoms with Crippen LogP contribution in [0.15, 0.2) is 91.0 Å². The maximum Gasteiger partial charge on any atom is 0.265 e. The van der Waals surface area contributed by atoms with Gasteiger partial charge >= 0.3 is 0 Å². The number of methoxy groups -OCH3 is 1. The summed E-state index contributed by atoms with van der Waals surface area (Å²) in [7, 11) is 1.56. The van der Waals surface area contributed by atoms with Gasteiger partial charge in [0.2, 0.25) is 0 Å². The maximum atomic E-state index is 13.2. The Morgan fingerprint density at radius 3 is 1.58 bits per heavy atom.